The van der Waals surface area contributed by atoms with Crippen LogP contribution in [0.3, 0.4) is 0 Å². The third kappa shape index (κ3) is 6.23. The summed E-state index contributed by atoms with van der Waals surface area (Å²) in [7, 11) is 0. The van der Waals surface area contributed by atoms with Crippen LogP contribution in [0.4, 0.5) is 4.79 Å². The molecule has 3 atom stereocenters. The zero-order valence-corrected chi connectivity index (χ0v) is 20.6. The lowest BCUT2D eigenvalue weighted by Gasteiger charge is -2.16. The number of thioether (sulfide) groups is 1. The summed E-state index contributed by atoms with van der Waals surface area (Å²) in [6, 6.07) is 9.79. The first-order valence-corrected chi connectivity index (χ1v) is 13.2. The fraction of sp³-hybridized carbons (Fsp3) is 0.423. The summed E-state index contributed by atoms with van der Waals surface area (Å²) in [5.41, 5.74) is 1.59. The normalized spacial score (nSPS) is 20.4. The first-order valence-electron chi connectivity index (χ1n) is 12.2. The molecule has 10 heteroatoms. The SMILES string of the molecule is O=C(CCCC[C@@H]1SC[C@@H]2NC(=O)N[C@@H]21)NCCCC(=O)c1cccc(-c2cc(O)c(O)c(O)c2)c1. The number of carbonyl (C=O) groups excluding carboxylic acids is 3. The van der Waals surface area contributed by atoms with Gasteiger partial charge in [-0.05, 0) is 48.6 Å². The van der Waals surface area contributed by atoms with Crippen molar-refractivity contribution in [2.24, 2.45) is 0 Å². The summed E-state index contributed by atoms with van der Waals surface area (Å²) in [5, 5.41) is 38.2. The second-order valence-corrected chi connectivity index (χ2v) is 10.5. The molecule has 3 amide bonds. The molecule has 2 saturated heterocycles. The summed E-state index contributed by atoms with van der Waals surface area (Å²) in [6.45, 7) is 0.421. The highest BCUT2D eigenvalue weighted by atomic mass is 32.2. The minimum atomic E-state index is -0.587. The maximum absolute atomic E-state index is 12.6. The van der Waals surface area contributed by atoms with Gasteiger partial charge in [0.2, 0.25) is 5.91 Å². The smallest absolute Gasteiger partial charge is 0.315 e. The molecule has 9 nitrogen and oxygen atoms in total. The van der Waals surface area contributed by atoms with Gasteiger partial charge in [-0.25, -0.2) is 4.79 Å². The van der Waals surface area contributed by atoms with Crippen LogP contribution in [0.1, 0.15) is 48.9 Å². The first kappa shape index (κ1) is 25.7. The number of rotatable bonds is 11. The molecule has 0 bridgehead atoms. The summed E-state index contributed by atoms with van der Waals surface area (Å²) < 4.78 is 0. The molecule has 0 unspecified atom stereocenters. The van der Waals surface area contributed by atoms with Crippen molar-refractivity contribution in [1.82, 2.24) is 16.0 Å². The summed E-state index contributed by atoms with van der Waals surface area (Å²) >= 11 is 1.87. The van der Waals surface area contributed by atoms with Crippen LogP contribution < -0.4 is 16.0 Å². The van der Waals surface area contributed by atoms with E-state index in [0.717, 1.165) is 25.0 Å². The van der Waals surface area contributed by atoms with E-state index >= 15 is 0 Å². The number of hydrogen-bond donors (Lipinski definition) is 6. The Balaban J connectivity index is 1.14. The van der Waals surface area contributed by atoms with E-state index in [0.29, 0.717) is 41.3 Å². The predicted molar refractivity (Wildman–Crippen MR) is 137 cm³/mol. The lowest BCUT2D eigenvalue weighted by molar-refractivity contribution is -0.121. The molecule has 2 fully saturated rings. The average molecular weight is 514 g/mol. The van der Waals surface area contributed by atoms with Crippen molar-refractivity contribution in [2.45, 2.75) is 55.9 Å². The molecule has 0 aliphatic carbocycles. The third-order valence-electron chi connectivity index (χ3n) is 6.57. The molecular weight excluding hydrogens is 482 g/mol. The fourth-order valence-electron chi connectivity index (χ4n) is 4.63. The van der Waals surface area contributed by atoms with Gasteiger partial charge < -0.3 is 31.3 Å². The van der Waals surface area contributed by atoms with Gasteiger partial charge in [-0.3, -0.25) is 9.59 Å². The maximum atomic E-state index is 12.6. The molecule has 0 saturated carbocycles. The van der Waals surface area contributed by atoms with Crippen LogP contribution in [0.5, 0.6) is 17.2 Å². The van der Waals surface area contributed by atoms with Crippen LogP contribution in [-0.2, 0) is 4.79 Å². The fourth-order valence-corrected chi connectivity index (χ4v) is 6.17. The van der Waals surface area contributed by atoms with E-state index in [1.54, 1.807) is 24.3 Å². The number of aromatic hydroxyl groups is 3. The Bertz CT molecular complexity index is 1120. The number of urea groups is 1. The summed E-state index contributed by atoms with van der Waals surface area (Å²) in [6.07, 6.45) is 3.92. The third-order valence-corrected chi connectivity index (χ3v) is 8.08. The number of carbonyl (C=O) groups is 3. The van der Waals surface area contributed by atoms with Crippen LogP contribution in [-0.4, -0.2) is 62.7 Å². The molecule has 6 N–H and O–H groups in total. The zero-order chi connectivity index (χ0) is 25.7. The highest BCUT2D eigenvalue weighted by molar-refractivity contribution is 8.00. The number of ketones is 1. The molecule has 0 aromatic heterocycles. The predicted octanol–water partition coefficient (Wildman–Crippen LogP) is 3.28. The van der Waals surface area contributed by atoms with Gasteiger partial charge in [0.1, 0.15) is 0 Å². The largest absolute Gasteiger partial charge is 0.504 e. The maximum Gasteiger partial charge on any atom is 0.315 e. The molecule has 2 aliphatic heterocycles. The Kier molecular flexibility index (Phi) is 8.25. The van der Waals surface area contributed by atoms with E-state index in [1.807, 2.05) is 11.8 Å². The number of amides is 3. The summed E-state index contributed by atoms with van der Waals surface area (Å²) in [4.78, 5) is 36.2. The highest BCUT2D eigenvalue weighted by Gasteiger charge is 2.42. The Labute approximate surface area is 213 Å². The van der Waals surface area contributed by atoms with E-state index in [9.17, 15) is 29.7 Å². The molecule has 4 rings (SSSR count). The van der Waals surface area contributed by atoms with Crippen LogP contribution in [0.2, 0.25) is 0 Å². The topological polar surface area (TPSA) is 148 Å². The number of phenols is 3. The lowest BCUT2D eigenvalue weighted by Crippen LogP contribution is -2.36. The van der Waals surface area contributed by atoms with Crippen molar-refractivity contribution in [3.05, 3.63) is 42.0 Å². The van der Waals surface area contributed by atoms with Gasteiger partial charge in [0, 0.05) is 36.0 Å². The number of hydrogen-bond acceptors (Lipinski definition) is 7. The highest BCUT2D eigenvalue weighted by Crippen LogP contribution is 2.39. The molecule has 0 radical (unpaired) electrons. The number of nitrogens with one attached hydrogen (secondary N) is 3. The quantitative estimate of drug-likeness (QED) is 0.117. The van der Waals surface area contributed by atoms with Crippen LogP contribution in [0.15, 0.2) is 36.4 Å². The standard InChI is InChI=1S/C26H31N3O6S/c30-19(16-6-3-5-15(11-16)17-12-20(31)25(34)21(32)13-17)7-4-10-27-23(33)9-2-1-8-22-24-18(14-36-22)28-26(35)29-24/h3,5-6,11-13,18,22,24,31-32,34H,1-2,4,7-10,14H2,(H,27,33)(H2,28,29,35)/t18-,22-,24-/m0/s1. The summed E-state index contributed by atoms with van der Waals surface area (Å²) in [5.74, 6) is -0.632. The number of Topliss-reactive ketones (excluding diaryl/α,β-unsaturated/α-hetero) is 1. The van der Waals surface area contributed by atoms with E-state index < -0.39 is 17.2 Å². The molecule has 2 aliphatic rings. The molecule has 0 spiro atoms. The van der Waals surface area contributed by atoms with Crippen molar-refractivity contribution in [1.29, 1.82) is 0 Å². The van der Waals surface area contributed by atoms with Gasteiger partial charge in [0.15, 0.2) is 23.0 Å². The van der Waals surface area contributed by atoms with Crippen LogP contribution in [0, 0.1) is 0 Å². The van der Waals surface area contributed by atoms with Crippen LogP contribution in [0.25, 0.3) is 11.1 Å². The zero-order valence-electron chi connectivity index (χ0n) is 19.8. The first-order chi connectivity index (χ1) is 17.3. The number of fused-ring (bicyclic) bond motifs is 1. The molecule has 192 valence electrons. The molecule has 2 aromatic rings. The van der Waals surface area contributed by atoms with Crippen molar-refractivity contribution >= 4 is 29.5 Å². The Morgan fingerprint density at radius 1 is 0.972 bits per heavy atom. The molecule has 2 aromatic carbocycles. The van der Waals surface area contributed by atoms with Crippen molar-refractivity contribution in [3.63, 3.8) is 0 Å². The Hall–Kier alpha value is -3.40. The number of benzene rings is 2. The van der Waals surface area contributed by atoms with E-state index in [-0.39, 0.29) is 36.2 Å². The minimum absolute atomic E-state index is 0.0239. The van der Waals surface area contributed by atoms with Gasteiger partial charge in [0.05, 0.1) is 12.1 Å². The van der Waals surface area contributed by atoms with Gasteiger partial charge in [-0.2, -0.15) is 11.8 Å². The van der Waals surface area contributed by atoms with E-state index in [4.69, 9.17) is 0 Å². The van der Waals surface area contributed by atoms with Gasteiger partial charge in [-0.1, -0.05) is 24.6 Å². The number of phenolic OH excluding ortho intramolecular Hbond substituents is 3. The van der Waals surface area contributed by atoms with E-state index in [1.165, 1.54) is 12.1 Å². The van der Waals surface area contributed by atoms with Crippen molar-refractivity contribution in [3.8, 4) is 28.4 Å². The Morgan fingerprint density at radius 2 is 1.75 bits per heavy atom. The molecule has 36 heavy (non-hydrogen) atoms. The van der Waals surface area contributed by atoms with Gasteiger partial charge >= 0.3 is 6.03 Å². The molecule has 2 heterocycles. The van der Waals surface area contributed by atoms with Crippen molar-refractivity contribution in [2.75, 3.05) is 12.3 Å². The Morgan fingerprint density at radius 3 is 2.53 bits per heavy atom. The van der Waals surface area contributed by atoms with E-state index in [2.05, 4.69) is 16.0 Å². The monoisotopic (exact) mass is 513 g/mol. The molecular formula is C26H31N3O6S. The second kappa shape index (κ2) is 11.6. The number of unbranched alkanes of at least 4 members (excludes halogenated alkanes) is 1. The van der Waals surface area contributed by atoms with Crippen molar-refractivity contribution < 1.29 is 29.7 Å². The average Bonchev–Trinajstić information content (AvgIpc) is 3.41. The lowest BCUT2D eigenvalue weighted by atomic mass is 9.99. The van der Waals surface area contributed by atoms with Crippen LogP contribution >= 0.6 is 11.8 Å². The minimum Gasteiger partial charge on any atom is -0.504 e. The van der Waals surface area contributed by atoms with Gasteiger partial charge in [-0.15, -0.1) is 0 Å². The second-order valence-electron chi connectivity index (χ2n) is 9.19. The van der Waals surface area contributed by atoms with Gasteiger partial charge in [0.25, 0.3) is 0 Å².